The van der Waals surface area contributed by atoms with Gasteiger partial charge in [0.15, 0.2) is 0 Å². The van der Waals surface area contributed by atoms with Crippen LogP contribution in [0.1, 0.15) is 31.7 Å². The first-order chi connectivity index (χ1) is 10.9. The number of aryl methyl sites for hydroxylation is 1. The van der Waals surface area contributed by atoms with Crippen LogP contribution in [0.4, 0.5) is 8.78 Å². The summed E-state index contributed by atoms with van der Waals surface area (Å²) in [7, 11) is 0. The van der Waals surface area contributed by atoms with Crippen molar-refractivity contribution in [2.24, 2.45) is 0 Å². The van der Waals surface area contributed by atoms with Crippen molar-refractivity contribution < 1.29 is 28.2 Å². The van der Waals surface area contributed by atoms with Gasteiger partial charge >= 0.3 is 5.97 Å². The molecule has 0 radical (unpaired) electrons. The normalized spacial score (nSPS) is 12.0. The van der Waals surface area contributed by atoms with Gasteiger partial charge in [0.1, 0.15) is 11.8 Å². The van der Waals surface area contributed by atoms with Crippen LogP contribution in [0, 0.1) is 0 Å². The van der Waals surface area contributed by atoms with Crippen LogP contribution in [0.25, 0.3) is 0 Å². The second kappa shape index (κ2) is 9.76. The van der Waals surface area contributed by atoms with E-state index in [1.54, 1.807) is 12.1 Å². The fraction of sp³-hybridized carbons (Fsp3) is 0.500. The highest BCUT2D eigenvalue weighted by atomic mass is 19.3. The Hall–Kier alpha value is -2.18. The smallest absolute Gasteiger partial charge is 0.326 e. The van der Waals surface area contributed by atoms with Gasteiger partial charge in [-0.2, -0.15) is 0 Å². The van der Waals surface area contributed by atoms with Gasteiger partial charge in [-0.25, -0.2) is 13.6 Å². The predicted molar refractivity (Wildman–Crippen MR) is 80.7 cm³/mol. The van der Waals surface area contributed by atoms with Crippen molar-refractivity contribution in [2.75, 3.05) is 6.61 Å². The summed E-state index contributed by atoms with van der Waals surface area (Å²) in [5.41, 5.74) is 0.879. The summed E-state index contributed by atoms with van der Waals surface area (Å²) in [6, 6.07) is 5.64. The maximum atomic E-state index is 12.2. The topological polar surface area (TPSA) is 75.6 Å². The van der Waals surface area contributed by atoms with Crippen LogP contribution in [-0.2, 0) is 16.0 Å². The number of benzene rings is 1. The number of aliphatic carboxylic acids is 1. The summed E-state index contributed by atoms with van der Waals surface area (Å²) in [6.45, 7) is 2.63. The van der Waals surface area contributed by atoms with Crippen LogP contribution in [0.5, 0.6) is 5.75 Å². The Labute approximate surface area is 133 Å². The highest BCUT2D eigenvalue weighted by Crippen LogP contribution is 2.14. The third-order valence-corrected chi connectivity index (χ3v) is 3.08. The number of nitrogens with one attached hydrogen (secondary N) is 1. The molecule has 1 aromatic rings. The lowest BCUT2D eigenvalue weighted by Crippen LogP contribution is -2.42. The van der Waals surface area contributed by atoms with Gasteiger partial charge in [0.2, 0.25) is 12.3 Å². The molecule has 23 heavy (non-hydrogen) atoms. The molecule has 5 nitrogen and oxygen atoms in total. The molecular weight excluding hydrogens is 308 g/mol. The minimum absolute atomic E-state index is 0.0299. The number of halogens is 2. The van der Waals surface area contributed by atoms with E-state index >= 15 is 0 Å². The number of alkyl halides is 2. The molecule has 0 aliphatic carbocycles. The Bertz CT molecular complexity index is 505. The van der Waals surface area contributed by atoms with Crippen LogP contribution in [0.3, 0.4) is 0 Å². The lowest BCUT2D eigenvalue weighted by atomic mass is 10.1. The number of carboxylic acids is 1. The monoisotopic (exact) mass is 329 g/mol. The van der Waals surface area contributed by atoms with Crippen molar-refractivity contribution in [3.63, 3.8) is 0 Å². The molecule has 0 aliphatic rings. The molecular formula is C16H21F2NO4. The van der Waals surface area contributed by atoms with Gasteiger partial charge in [-0.1, -0.05) is 19.1 Å². The Balaban J connectivity index is 2.44. The van der Waals surface area contributed by atoms with Gasteiger partial charge < -0.3 is 15.2 Å². The molecule has 1 amide bonds. The van der Waals surface area contributed by atoms with Crippen LogP contribution >= 0.6 is 0 Å². The molecule has 0 aromatic heterocycles. The number of carboxylic acid groups (broad SMARTS) is 1. The van der Waals surface area contributed by atoms with Gasteiger partial charge in [-0.15, -0.1) is 0 Å². The first kappa shape index (κ1) is 18.9. The Morgan fingerprint density at radius 3 is 2.43 bits per heavy atom. The van der Waals surface area contributed by atoms with Crippen molar-refractivity contribution in [3.05, 3.63) is 29.8 Å². The molecule has 2 N–H and O–H groups in total. The van der Waals surface area contributed by atoms with Crippen LogP contribution < -0.4 is 10.1 Å². The van der Waals surface area contributed by atoms with E-state index in [0.717, 1.165) is 17.7 Å². The zero-order chi connectivity index (χ0) is 17.2. The van der Waals surface area contributed by atoms with Crippen molar-refractivity contribution in [1.82, 2.24) is 5.32 Å². The molecule has 0 bridgehead atoms. The van der Waals surface area contributed by atoms with E-state index in [2.05, 4.69) is 5.32 Å². The molecule has 0 heterocycles. The van der Waals surface area contributed by atoms with E-state index in [4.69, 9.17) is 9.84 Å². The molecule has 1 aromatic carbocycles. The van der Waals surface area contributed by atoms with Gasteiger partial charge in [0, 0.05) is 12.8 Å². The summed E-state index contributed by atoms with van der Waals surface area (Å²) < 4.78 is 29.9. The second-order valence-electron chi connectivity index (χ2n) is 5.08. The highest BCUT2D eigenvalue weighted by molar-refractivity contribution is 5.83. The number of hydrogen-bond donors (Lipinski definition) is 2. The maximum absolute atomic E-state index is 12.2. The standard InChI is InChI=1S/C16H21F2NO4/c1-2-9-23-12-6-3-11(4-7-12)5-8-15(20)19-13(16(21)22)10-14(17)18/h3-4,6-7,13-14H,2,5,8-10H2,1H3,(H,19,20)(H,21,22). The van der Waals surface area contributed by atoms with Crippen molar-refractivity contribution in [1.29, 1.82) is 0 Å². The fourth-order valence-corrected chi connectivity index (χ4v) is 1.90. The lowest BCUT2D eigenvalue weighted by Gasteiger charge is -2.14. The molecule has 128 valence electrons. The van der Waals surface area contributed by atoms with Crippen molar-refractivity contribution in [3.8, 4) is 5.75 Å². The Kier molecular flexibility index (Phi) is 8.01. The predicted octanol–water partition coefficient (Wildman–Crippen LogP) is 2.63. The molecule has 0 spiro atoms. The zero-order valence-corrected chi connectivity index (χ0v) is 12.9. The van der Waals surface area contributed by atoms with Crippen molar-refractivity contribution >= 4 is 11.9 Å². The molecule has 0 saturated carbocycles. The van der Waals surface area contributed by atoms with E-state index < -0.39 is 30.8 Å². The number of amides is 1. The van der Waals surface area contributed by atoms with Crippen LogP contribution in [0.2, 0.25) is 0 Å². The largest absolute Gasteiger partial charge is 0.494 e. The molecule has 1 atom stereocenters. The number of carbonyl (C=O) groups excluding carboxylic acids is 1. The fourth-order valence-electron chi connectivity index (χ4n) is 1.90. The number of carbonyl (C=O) groups is 2. The van der Waals surface area contributed by atoms with Crippen LogP contribution in [-0.4, -0.2) is 36.1 Å². The quantitative estimate of drug-likeness (QED) is 0.692. The summed E-state index contributed by atoms with van der Waals surface area (Å²) in [5.74, 6) is -1.29. The Morgan fingerprint density at radius 2 is 1.91 bits per heavy atom. The molecule has 0 aliphatic heterocycles. The number of rotatable bonds is 10. The SMILES string of the molecule is CCCOc1ccc(CCC(=O)NC(CC(F)F)C(=O)O)cc1. The van der Waals surface area contributed by atoms with E-state index in [1.165, 1.54) is 0 Å². The summed E-state index contributed by atoms with van der Waals surface area (Å²) >= 11 is 0. The van der Waals surface area contributed by atoms with E-state index in [9.17, 15) is 18.4 Å². The summed E-state index contributed by atoms with van der Waals surface area (Å²) in [4.78, 5) is 22.5. The third-order valence-electron chi connectivity index (χ3n) is 3.08. The number of ether oxygens (including phenoxy) is 1. The lowest BCUT2D eigenvalue weighted by molar-refractivity contribution is -0.143. The first-order valence-corrected chi connectivity index (χ1v) is 7.44. The van der Waals surface area contributed by atoms with Crippen molar-refractivity contribution in [2.45, 2.75) is 45.1 Å². The van der Waals surface area contributed by atoms with Gasteiger partial charge in [-0.3, -0.25) is 4.79 Å². The van der Waals surface area contributed by atoms with Crippen LogP contribution in [0.15, 0.2) is 24.3 Å². The van der Waals surface area contributed by atoms with E-state index in [0.29, 0.717) is 13.0 Å². The van der Waals surface area contributed by atoms with Gasteiger partial charge in [0.25, 0.3) is 0 Å². The number of hydrogen-bond acceptors (Lipinski definition) is 3. The third kappa shape index (κ3) is 7.58. The van der Waals surface area contributed by atoms with Gasteiger partial charge in [0.05, 0.1) is 6.61 Å². The highest BCUT2D eigenvalue weighted by Gasteiger charge is 2.23. The first-order valence-electron chi connectivity index (χ1n) is 7.44. The van der Waals surface area contributed by atoms with E-state index in [1.807, 2.05) is 19.1 Å². The zero-order valence-electron chi connectivity index (χ0n) is 12.9. The molecule has 0 saturated heterocycles. The second-order valence-corrected chi connectivity index (χ2v) is 5.08. The average Bonchev–Trinajstić information content (AvgIpc) is 2.50. The Morgan fingerprint density at radius 1 is 1.26 bits per heavy atom. The van der Waals surface area contributed by atoms with Gasteiger partial charge in [-0.05, 0) is 30.5 Å². The summed E-state index contributed by atoms with van der Waals surface area (Å²) in [6.07, 6.45) is -2.36. The minimum atomic E-state index is -2.79. The maximum Gasteiger partial charge on any atom is 0.326 e. The molecule has 0 fully saturated rings. The average molecular weight is 329 g/mol. The van der Waals surface area contributed by atoms with E-state index in [-0.39, 0.29) is 6.42 Å². The molecule has 7 heteroatoms. The summed E-state index contributed by atoms with van der Waals surface area (Å²) in [5, 5.41) is 10.9. The minimum Gasteiger partial charge on any atom is -0.494 e. The molecule has 1 rings (SSSR count). The molecule has 1 unspecified atom stereocenters.